The molecule has 1 atom stereocenters. The van der Waals surface area contributed by atoms with Crippen molar-refractivity contribution in [3.8, 4) is 11.5 Å². The second-order valence-electron chi connectivity index (χ2n) is 7.78. The van der Waals surface area contributed by atoms with Crippen molar-refractivity contribution in [1.82, 2.24) is 19.2 Å². The van der Waals surface area contributed by atoms with E-state index in [0.717, 1.165) is 5.56 Å². The minimum atomic E-state index is -0.794. The quantitative estimate of drug-likeness (QED) is 0.417. The molecular formula is C24H24N4O5. The molecule has 4 rings (SSSR count). The first-order valence-corrected chi connectivity index (χ1v) is 10.4. The standard InChI is InChI=1S/C24H24N4O5/c1-15-12-20(30)22(24(32)27(15)11-8-16-4-6-17(29)7-5-16)18(13-21(31)33-2)19-14-26-28-10-3-9-25-23(19)28/h3-7,9-10,12,14,18,29-30H,8,11,13H2,1-2H3. The van der Waals surface area contributed by atoms with E-state index in [0.29, 0.717) is 29.9 Å². The Hall–Kier alpha value is -4.14. The summed E-state index contributed by atoms with van der Waals surface area (Å²) >= 11 is 0. The van der Waals surface area contributed by atoms with Crippen molar-refractivity contribution in [1.29, 1.82) is 0 Å². The summed E-state index contributed by atoms with van der Waals surface area (Å²) in [7, 11) is 1.28. The Morgan fingerprint density at radius 2 is 1.97 bits per heavy atom. The number of hydrogen-bond donors (Lipinski definition) is 2. The number of aromatic nitrogens is 4. The Morgan fingerprint density at radius 3 is 2.70 bits per heavy atom. The molecule has 4 aromatic rings. The highest BCUT2D eigenvalue weighted by Crippen LogP contribution is 2.34. The zero-order valence-electron chi connectivity index (χ0n) is 18.3. The van der Waals surface area contributed by atoms with Crippen LogP contribution in [-0.4, -0.2) is 42.5 Å². The first-order valence-electron chi connectivity index (χ1n) is 10.4. The molecule has 1 unspecified atom stereocenters. The first kappa shape index (κ1) is 22.1. The zero-order chi connectivity index (χ0) is 23.5. The van der Waals surface area contributed by atoms with Gasteiger partial charge in [-0.15, -0.1) is 0 Å². The third kappa shape index (κ3) is 4.43. The fourth-order valence-corrected chi connectivity index (χ4v) is 3.99. The number of carbonyl (C=O) groups is 1. The van der Waals surface area contributed by atoms with Gasteiger partial charge in [0.05, 0.1) is 25.3 Å². The number of hydrogen-bond acceptors (Lipinski definition) is 7. The largest absolute Gasteiger partial charge is 0.508 e. The topological polar surface area (TPSA) is 119 Å². The van der Waals surface area contributed by atoms with Gasteiger partial charge >= 0.3 is 5.97 Å². The molecule has 170 valence electrons. The highest BCUT2D eigenvalue weighted by Gasteiger charge is 2.29. The minimum absolute atomic E-state index is 0.0947. The lowest BCUT2D eigenvalue weighted by molar-refractivity contribution is -0.140. The number of methoxy groups -OCH3 is 1. The Balaban J connectivity index is 1.79. The summed E-state index contributed by atoms with van der Waals surface area (Å²) in [6.45, 7) is 2.11. The van der Waals surface area contributed by atoms with E-state index in [9.17, 15) is 19.8 Å². The van der Waals surface area contributed by atoms with Crippen LogP contribution in [0.1, 0.15) is 34.7 Å². The number of ether oxygens (including phenoxy) is 1. The summed E-state index contributed by atoms with van der Waals surface area (Å²) in [6.07, 6.45) is 5.26. The van der Waals surface area contributed by atoms with Gasteiger partial charge in [0.1, 0.15) is 11.5 Å². The molecular weight excluding hydrogens is 424 g/mol. The molecule has 2 N–H and O–H groups in total. The summed E-state index contributed by atoms with van der Waals surface area (Å²) in [6, 6.07) is 10.0. The number of esters is 1. The van der Waals surface area contributed by atoms with Gasteiger partial charge < -0.3 is 19.5 Å². The maximum Gasteiger partial charge on any atom is 0.306 e. The molecule has 3 aromatic heterocycles. The van der Waals surface area contributed by atoms with Crippen molar-refractivity contribution in [2.75, 3.05) is 7.11 Å². The Morgan fingerprint density at radius 1 is 1.21 bits per heavy atom. The van der Waals surface area contributed by atoms with Crippen molar-refractivity contribution in [3.63, 3.8) is 0 Å². The number of rotatable bonds is 7. The van der Waals surface area contributed by atoms with Gasteiger partial charge in [0.15, 0.2) is 5.65 Å². The second-order valence-corrected chi connectivity index (χ2v) is 7.78. The van der Waals surface area contributed by atoms with Gasteiger partial charge in [-0.3, -0.25) is 9.59 Å². The monoisotopic (exact) mass is 448 g/mol. The van der Waals surface area contributed by atoms with Gasteiger partial charge in [-0.1, -0.05) is 12.1 Å². The van der Waals surface area contributed by atoms with Crippen LogP contribution in [0.3, 0.4) is 0 Å². The molecule has 0 radical (unpaired) electrons. The molecule has 0 spiro atoms. The number of aryl methyl sites for hydroxylation is 2. The lowest BCUT2D eigenvalue weighted by atomic mass is 9.89. The fraction of sp³-hybridized carbons (Fsp3) is 0.250. The van der Waals surface area contributed by atoms with Crippen molar-refractivity contribution in [3.05, 3.63) is 87.7 Å². The Labute approximate surface area is 189 Å². The molecule has 0 aliphatic rings. The maximum absolute atomic E-state index is 13.6. The number of phenols is 1. The molecule has 0 saturated carbocycles. The van der Waals surface area contributed by atoms with Gasteiger partial charge in [-0.2, -0.15) is 5.10 Å². The fourth-order valence-electron chi connectivity index (χ4n) is 3.99. The molecule has 1 aromatic carbocycles. The zero-order valence-corrected chi connectivity index (χ0v) is 18.3. The van der Waals surface area contributed by atoms with Gasteiger partial charge in [-0.25, -0.2) is 9.50 Å². The number of phenolic OH excluding ortho intramolecular Hbond substituents is 1. The van der Waals surface area contributed by atoms with Gasteiger partial charge in [-0.05, 0) is 43.2 Å². The van der Waals surface area contributed by atoms with Crippen LogP contribution in [0, 0.1) is 6.92 Å². The molecule has 9 nitrogen and oxygen atoms in total. The molecule has 3 heterocycles. The first-order chi connectivity index (χ1) is 15.9. The summed E-state index contributed by atoms with van der Waals surface area (Å²) in [5.74, 6) is -1.34. The normalized spacial score (nSPS) is 12.1. The van der Waals surface area contributed by atoms with E-state index in [2.05, 4.69) is 10.1 Å². The van der Waals surface area contributed by atoms with Crippen LogP contribution < -0.4 is 5.56 Å². The third-order valence-corrected chi connectivity index (χ3v) is 5.71. The van der Waals surface area contributed by atoms with E-state index in [4.69, 9.17) is 4.74 Å². The van der Waals surface area contributed by atoms with Crippen LogP contribution in [0.5, 0.6) is 11.5 Å². The highest BCUT2D eigenvalue weighted by molar-refractivity contribution is 5.72. The summed E-state index contributed by atoms with van der Waals surface area (Å²) in [5.41, 5.74) is 2.28. The Kier molecular flexibility index (Phi) is 6.12. The summed E-state index contributed by atoms with van der Waals surface area (Å²) < 4.78 is 7.99. The molecule has 0 aliphatic heterocycles. The highest BCUT2D eigenvalue weighted by atomic mass is 16.5. The van der Waals surface area contributed by atoms with E-state index in [1.54, 1.807) is 64.9 Å². The average molecular weight is 448 g/mol. The van der Waals surface area contributed by atoms with E-state index in [-0.39, 0.29) is 23.5 Å². The minimum Gasteiger partial charge on any atom is -0.508 e. The molecule has 0 amide bonds. The van der Waals surface area contributed by atoms with E-state index in [1.165, 1.54) is 13.2 Å². The lowest BCUT2D eigenvalue weighted by Crippen LogP contribution is -2.29. The van der Waals surface area contributed by atoms with Gasteiger partial charge in [0.25, 0.3) is 5.56 Å². The molecule has 0 saturated heterocycles. The lowest BCUT2D eigenvalue weighted by Gasteiger charge is -2.19. The van der Waals surface area contributed by atoms with E-state index in [1.807, 2.05) is 0 Å². The number of carbonyl (C=O) groups excluding carboxylic acids is 1. The van der Waals surface area contributed by atoms with Crippen LogP contribution in [0.4, 0.5) is 0 Å². The molecule has 0 bridgehead atoms. The van der Waals surface area contributed by atoms with Gasteiger partial charge in [0.2, 0.25) is 0 Å². The predicted octanol–water partition coefficient (Wildman–Crippen LogP) is 2.55. The third-order valence-electron chi connectivity index (χ3n) is 5.71. The molecule has 0 aliphatic carbocycles. The molecule has 33 heavy (non-hydrogen) atoms. The van der Waals surface area contributed by atoms with Crippen LogP contribution in [0.25, 0.3) is 5.65 Å². The van der Waals surface area contributed by atoms with Crippen molar-refractivity contribution in [2.45, 2.75) is 32.2 Å². The van der Waals surface area contributed by atoms with Crippen molar-refractivity contribution in [2.24, 2.45) is 0 Å². The van der Waals surface area contributed by atoms with Crippen LogP contribution in [-0.2, 0) is 22.5 Å². The van der Waals surface area contributed by atoms with Crippen molar-refractivity contribution >= 4 is 11.6 Å². The number of fused-ring (bicyclic) bond motifs is 1. The number of aromatic hydroxyl groups is 2. The van der Waals surface area contributed by atoms with E-state index >= 15 is 0 Å². The van der Waals surface area contributed by atoms with Crippen molar-refractivity contribution < 1.29 is 19.7 Å². The maximum atomic E-state index is 13.6. The predicted molar refractivity (Wildman–Crippen MR) is 120 cm³/mol. The number of benzene rings is 1. The average Bonchev–Trinajstić information content (AvgIpc) is 3.23. The molecule has 0 fully saturated rings. The van der Waals surface area contributed by atoms with Crippen LogP contribution in [0.15, 0.2) is 59.8 Å². The summed E-state index contributed by atoms with van der Waals surface area (Å²) in [5, 5.41) is 24.6. The summed E-state index contributed by atoms with van der Waals surface area (Å²) in [4.78, 5) is 30.2. The number of nitrogens with zero attached hydrogens (tertiary/aromatic N) is 4. The second kappa shape index (κ2) is 9.15. The van der Waals surface area contributed by atoms with Crippen LogP contribution >= 0.6 is 0 Å². The van der Waals surface area contributed by atoms with Gasteiger partial charge in [0, 0.05) is 36.1 Å². The van der Waals surface area contributed by atoms with E-state index < -0.39 is 17.4 Å². The Bertz CT molecular complexity index is 1360. The SMILES string of the molecule is COC(=O)CC(c1c(O)cc(C)n(CCc2ccc(O)cc2)c1=O)c1cnn2cccnc12. The molecule has 9 heteroatoms. The number of pyridine rings is 1. The smallest absolute Gasteiger partial charge is 0.306 e. The van der Waals surface area contributed by atoms with Crippen LogP contribution in [0.2, 0.25) is 0 Å².